The standard InChI is InChI=1S/C30H35ClFN3O5S/c1-5-28(30(37)33-18-21(2)3)34(19-22-6-10-24(32)11-7-22)29(36)20-35(25-12-8-23(31)9-13-25)41(38,39)27-16-14-26(40-4)15-17-27/h6-17,21,28H,5,18-20H2,1-4H3,(H,33,37)/t28-/m0/s1. The minimum atomic E-state index is -4.24. The predicted octanol–water partition coefficient (Wildman–Crippen LogP) is 5.26. The summed E-state index contributed by atoms with van der Waals surface area (Å²) >= 11 is 6.06. The van der Waals surface area contributed by atoms with E-state index in [0.29, 0.717) is 22.9 Å². The van der Waals surface area contributed by atoms with E-state index in [4.69, 9.17) is 16.3 Å². The average Bonchev–Trinajstić information content (AvgIpc) is 2.96. The van der Waals surface area contributed by atoms with Gasteiger partial charge in [0, 0.05) is 18.1 Å². The molecule has 0 aliphatic carbocycles. The molecule has 0 heterocycles. The molecule has 3 aromatic carbocycles. The fraction of sp³-hybridized carbons (Fsp3) is 0.333. The lowest BCUT2D eigenvalue weighted by atomic mass is 10.1. The number of methoxy groups -OCH3 is 1. The van der Waals surface area contributed by atoms with Crippen LogP contribution in [0.5, 0.6) is 5.75 Å². The van der Waals surface area contributed by atoms with Gasteiger partial charge in [0.1, 0.15) is 24.2 Å². The highest BCUT2D eigenvalue weighted by atomic mass is 35.5. The highest BCUT2D eigenvalue weighted by Gasteiger charge is 2.33. The molecule has 41 heavy (non-hydrogen) atoms. The number of ether oxygens (including phenoxy) is 1. The molecule has 0 unspecified atom stereocenters. The zero-order valence-electron chi connectivity index (χ0n) is 23.5. The van der Waals surface area contributed by atoms with Gasteiger partial charge in [-0.25, -0.2) is 12.8 Å². The molecule has 0 aliphatic rings. The van der Waals surface area contributed by atoms with Crippen LogP contribution in [0.15, 0.2) is 77.7 Å². The van der Waals surface area contributed by atoms with Gasteiger partial charge in [0.2, 0.25) is 11.8 Å². The summed E-state index contributed by atoms with van der Waals surface area (Å²) in [6.07, 6.45) is 0.281. The average molecular weight is 604 g/mol. The van der Waals surface area contributed by atoms with Gasteiger partial charge in [0.25, 0.3) is 10.0 Å². The van der Waals surface area contributed by atoms with Crippen LogP contribution in [0.25, 0.3) is 0 Å². The monoisotopic (exact) mass is 603 g/mol. The third-order valence-corrected chi connectivity index (χ3v) is 8.42. The number of hydrogen-bond donors (Lipinski definition) is 1. The Labute approximate surface area is 246 Å². The molecular weight excluding hydrogens is 569 g/mol. The molecule has 1 N–H and O–H groups in total. The summed E-state index contributed by atoms with van der Waals surface area (Å²) in [5.74, 6) is -0.733. The lowest BCUT2D eigenvalue weighted by Crippen LogP contribution is -2.52. The van der Waals surface area contributed by atoms with E-state index >= 15 is 0 Å². The first kappa shape index (κ1) is 31.9. The van der Waals surface area contributed by atoms with Crippen molar-refractivity contribution in [2.24, 2.45) is 5.92 Å². The zero-order valence-corrected chi connectivity index (χ0v) is 25.1. The van der Waals surface area contributed by atoms with E-state index in [1.165, 1.54) is 84.8 Å². The number of halogens is 2. The van der Waals surface area contributed by atoms with Crippen LogP contribution in [0.3, 0.4) is 0 Å². The molecule has 0 aromatic heterocycles. The minimum absolute atomic E-state index is 0.0240. The van der Waals surface area contributed by atoms with Gasteiger partial charge in [-0.15, -0.1) is 0 Å². The summed E-state index contributed by atoms with van der Waals surface area (Å²) in [6, 6.07) is 16.6. The van der Waals surface area contributed by atoms with Crippen LogP contribution >= 0.6 is 11.6 Å². The van der Waals surface area contributed by atoms with E-state index in [9.17, 15) is 22.4 Å². The second-order valence-electron chi connectivity index (χ2n) is 9.87. The molecule has 0 aliphatic heterocycles. The lowest BCUT2D eigenvalue weighted by Gasteiger charge is -2.33. The maximum Gasteiger partial charge on any atom is 0.264 e. The largest absolute Gasteiger partial charge is 0.497 e. The Bertz CT molecular complexity index is 1420. The van der Waals surface area contributed by atoms with E-state index in [1.807, 2.05) is 13.8 Å². The van der Waals surface area contributed by atoms with Gasteiger partial charge in [-0.1, -0.05) is 44.5 Å². The molecule has 0 saturated carbocycles. The smallest absolute Gasteiger partial charge is 0.264 e. The molecule has 2 amide bonds. The predicted molar refractivity (Wildman–Crippen MR) is 158 cm³/mol. The van der Waals surface area contributed by atoms with Crippen molar-refractivity contribution in [3.05, 3.63) is 89.2 Å². The number of sulfonamides is 1. The third kappa shape index (κ3) is 8.43. The molecule has 0 bridgehead atoms. The summed E-state index contributed by atoms with van der Waals surface area (Å²) in [6.45, 7) is 5.48. The van der Waals surface area contributed by atoms with Crippen molar-refractivity contribution < 1.29 is 27.1 Å². The van der Waals surface area contributed by atoms with Crippen molar-refractivity contribution in [2.45, 2.75) is 44.7 Å². The number of rotatable bonds is 13. The molecule has 0 saturated heterocycles. The molecule has 8 nitrogen and oxygen atoms in total. The van der Waals surface area contributed by atoms with Crippen molar-refractivity contribution in [2.75, 3.05) is 24.5 Å². The van der Waals surface area contributed by atoms with Crippen molar-refractivity contribution in [3.63, 3.8) is 0 Å². The van der Waals surface area contributed by atoms with E-state index < -0.39 is 34.3 Å². The van der Waals surface area contributed by atoms with Crippen LogP contribution in [0, 0.1) is 11.7 Å². The summed E-state index contributed by atoms with van der Waals surface area (Å²) in [4.78, 5) is 28.5. The number of nitrogens with zero attached hydrogens (tertiary/aromatic N) is 2. The molecule has 0 spiro atoms. The Balaban J connectivity index is 2.03. The number of nitrogens with one attached hydrogen (secondary N) is 1. The van der Waals surface area contributed by atoms with E-state index in [0.717, 1.165) is 4.31 Å². The number of carbonyl (C=O) groups is 2. The maximum atomic E-state index is 14.0. The Kier molecular flexibility index (Phi) is 11.1. The highest BCUT2D eigenvalue weighted by Crippen LogP contribution is 2.27. The van der Waals surface area contributed by atoms with Crippen molar-refractivity contribution >= 4 is 39.1 Å². The van der Waals surface area contributed by atoms with Crippen LogP contribution in [0.2, 0.25) is 5.02 Å². The normalized spacial score (nSPS) is 12.1. The third-order valence-electron chi connectivity index (χ3n) is 6.38. The molecule has 3 rings (SSSR count). The van der Waals surface area contributed by atoms with Crippen LogP contribution in [0.4, 0.5) is 10.1 Å². The Morgan fingerprint density at radius 3 is 2.12 bits per heavy atom. The van der Waals surface area contributed by atoms with Crippen LogP contribution in [-0.2, 0) is 26.2 Å². The van der Waals surface area contributed by atoms with Gasteiger partial charge in [0.05, 0.1) is 17.7 Å². The van der Waals surface area contributed by atoms with E-state index in [-0.39, 0.29) is 35.4 Å². The summed E-state index contributed by atoms with van der Waals surface area (Å²) in [7, 11) is -2.76. The van der Waals surface area contributed by atoms with Crippen LogP contribution in [-0.4, -0.2) is 51.4 Å². The second kappa shape index (κ2) is 14.3. The number of amides is 2. The molecule has 11 heteroatoms. The van der Waals surface area contributed by atoms with Crippen LogP contribution < -0.4 is 14.4 Å². The van der Waals surface area contributed by atoms with Crippen molar-refractivity contribution in [3.8, 4) is 5.75 Å². The summed E-state index contributed by atoms with van der Waals surface area (Å²) in [5.41, 5.74) is 0.809. The van der Waals surface area contributed by atoms with E-state index in [2.05, 4.69) is 5.32 Å². The summed E-state index contributed by atoms with van der Waals surface area (Å²) < 4.78 is 47.5. The second-order valence-corrected chi connectivity index (χ2v) is 12.2. The highest BCUT2D eigenvalue weighted by molar-refractivity contribution is 7.92. The number of anilines is 1. The van der Waals surface area contributed by atoms with Gasteiger partial charge in [-0.3, -0.25) is 13.9 Å². The van der Waals surface area contributed by atoms with E-state index in [1.54, 1.807) is 6.92 Å². The first-order chi connectivity index (χ1) is 19.5. The first-order valence-corrected chi connectivity index (χ1v) is 15.0. The van der Waals surface area contributed by atoms with Crippen LogP contribution in [0.1, 0.15) is 32.8 Å². The molecule has 1 atom stereocenters. The quantitative estimate of drug-likeness (QED) is 0.287. The van der Waals surface area contributed by atoms with Crippen molar-refractivity contribution in [1.82, 2.24) is 10.2 Å². The molecular formula is C30H35ClFN3O5S. The number of carbonyl (C=O) groups excluding carboxylic acids is 2. The summed E-state index contributed by atoms with van der Waals surface area (Å²) in [5, 5.41) is 3.27. The van der Waals surface area contributed by atoms with Gasteiger partial charge in [0.15, 0.2) is 0 Å². The van der Waals surface area contributed by atoms with Gasteiger partial charge >= 0.3 is 0 Å². The van der Waals surface area contributed by atoms with Crippen molar-refractivity contribution in [1.29, 1.82) is 0 Å². The maximum absolute atomic E-state index is 14.0. The Hall–Kier alpha value is -3.63. The molecule has 0 fully saturated rings. The topological polar surface area (TPSA) is 96.0 Å². The zero-order chi connectivity index (χ0) is 30.2. The Morgan fingerprint density at radius 2 is 1.59 bits per heavy atom. The molecule has 0 radical (unpaired) electrons. The lowest BCUT2D eigenvalue weighted by molar-refractivity contribution is -0.140. The SMILES string of the molecule is CC[C@@H](C(=O)NCC(C)C)N(Cc1ccc(F)cc1)C(=O)CN(c1ccc(Cl)cc1)S(=O)(=O)c1ccc(OC)cc1. The van der Waals surface area contributed by atoms with Gasteiger partial charge < -0.3 is 15.0 Å². The van der Waals surface area contributed by atoms with Gasteiger partial charge in [-0.05, 0) is 78.6 Å². The minimum Gasteiger partial charge on any atom is -0.497 e. The van der Waals surface area contributed by atoms with Gasteiger partial charge in [-0.2, -0.15) is 0 Å². The number of benzene rings is 3. The molecule has 3 aromatic rings. The fourth-order valence-corrected chi connectivity index (χ4v) is 5.68. The number of hydrogen-bond acceptors (Lipinski definition) is 5. The molecule has 220 valence electrons. The fourth-order valence-electron chi connectivity index (χ4n) is 4.14. The first-order valence-electron chi connectivity index (χ1n) is 13.2. The Morgan fingerprint density at radius 1 is 0.976 bits per heavy atom.